The molecule has 2 aromatic rings. The molecule has 1 atom stereocenters. The maximum Gasteiger partial charge on any atom is 0.228 e. The van der Waals surface area contributed by atoms with Gasteiger partial charge in [-0.25, -0.2) is 9.97 Å². The first-order valence-electron chi connectivity index (χ1n) is 12.1. The summed E-state index contributed by atoms with van der Waals surface area (Å²) in [5, 5.41) is 0. The highest BCUT2D eigenvalue weighted by molar-refractivity contribution is 5.95. The Bertz CT molecular complexity index is 1000. The van der Waals surface area contributed by atoms with Gasteiger partial charge in [-0.2, -0.15) is 0 Å². The van der Waals surface area contributed by atoms with Crippen molar-refractivity contribution in [2.75, 3.05) is 11.4 Å². The average Bonchev–Trinajstić information content (AvgIpc) is 3.31. The van der Waals surface area contributed by atoms with Gasteiger partial charge in [-0.1, -0.05) is 49.6 Å². The molecule has 3 heterocycles. The highest BCUT2D eigenvalue weighted by atomic mass is 16.2. The second kappa shape index (κ2) is 9.00. The van der Waals surface area contributed by atoms with Crippen LogP contribution >= 0.6 is 0 Å². The van der Waals surface area contributed by atoms with Crippen molar-refractivity contribution in [2.24, 2.45) is 5.92 Å². The van der Waals surface area contributed by atoms with Crippen LogP contribution in [0.4, 0.5) is 5.82 Å². The lowest BCUT2D eigenvalue weighted by Gasteiger charge is -2.32. The summed E-state index contributed by atoms with van der Waals surface area (Å²) >= 11 is 0. The molecule has 6 heteroatoms. The zero-order chi connectivity index (χ0) is 22.1. The number of carbonyl (C=O) groups excluding carboxylic acids is 2. The number of nitrogens with zero attached hydrogens (tertiary/aromatic N) is 4. The Morgan fingerprint density at radius 2 is 1.78 bits per heavy atom. The molecule has 1 aliphatic carbocycles. The lowest BCUT2D eigenvalue weighted by molar-refractivity contribution is -0.137. The predicted octanol–water partition coefficient (Wildman–Crippen LogP) is 4.51. The summed E-state index contributed by atoms with van der Waals surface area (Å²) in [5.41, 5.74) is 3.08. The van der Waals surface area contributed by atoms with Crippen LogP contribution in [-0.4, -0.2) is 33.2 Å². The summed E-state index contributed by atoms with van der Waals surface area (Å²) in [5.74, 6) is 1.98. The van der Waals surface area contributed by atoms with E-state index in [-0.39, 0.29) is 23.8 Å². The van der Waals surface area contributed by atoms with E-state index in [2.05, 4.69) is 0 Å². The number of fused-ring (bicyclic) bond motifs is 1. The van der Waals surface area contributed by atoms with Gasteiger partial charge >= 0.3 is 0 Å². The molecule has 168 valence electrons. The number of rotatable bonds is 4. The number of aromatic nitrogens is 2. The van der Waals surface area contributed by atoms with E-state index in [4.69, 9.17) is 9.97 Å². The Hall–Kier alpha value is -2.76. The number of carbonyl (C=O) groups is 2. The second-order valence-electron chi connectivity index (χ2n) is 9.46. The van der Waals surface area contributed by atoms with Crippen LogP contribution in [0.25, 0.3) is 0 Å². The molecule has 2 fully saturated rings. The maximum absolute atomic E-state index is 13.3. The van der Waals surface area contributed by atoms with Crippen molar-refractivity contribution in [1.29, 1.82) is 0 Å². The van der Waals surface area contributed by atoms with Gasteiger partial charge in [0, 0.05) is 30.1 Å². The van der Waals surface area contributed by atoms with Crippen LogP contribution in [0.15, 0.2) is 30.3 Å². The Labute approximate surface area is 190 Å². The molecule has 1 aromatic heterocycles. The summed E-state index contributed by atoms with van der Waals surface area (Å²) in [6.07, 6.45) is 8.60. The molecule has 6 nitrogen and oxygen atoms in total. The van der Waals surface area contributed by atoms with E-state index in [9.17, 15) is 9.59 Å². The van der Waals surface area contributed by atoms with Gasteiger partial charge in [0.25, 0.3) is 0 Å². The molecule has 0 radical (unpaired) electrons. The van der Waals surface area contributed by atoms with Gasteiger partial charge < -0.3 is 4.90 Å². The average molecular weight is 433 g/mol. The molecule has 0 bridgehead atoms. The summed E-state index contributed by atoms with van der Waals surface area (Å²) in [6, 6.07) is 9.97. The lowest BCUT2D eigenvalue weighted by atomic mass is 9.88. The van der Waals surface area contributed by atoms with Gasteiger partial charge in [0.1, 0.15) is 5.82 Å². The molecule has 3 aliphatic rings. The minimum Gasteiger partial charge on any atom is -0.332 e. The molecule has 2 amide bonds. The molecule has 5 rings (SSSR count). The van der Waals surface area contributed by atoms with E-state index in [0.717, 1.165) is 67.7 Å². The SMILES string of the molecule is Cc1nc(C2CCCN2C(=O)C2CCCCC2)nc2c1CCC(=O)N2Cc1ccccc1. The first-order chi connectivity index (χ1) is 15.6. The minimum absolute atomic E-state index is 0.0796. The number of amides is 2. The Morgan fingerprint density at radius 3 is 2.56 bits per heavy atom. The van der Waals surface area contributed by atoms with E-state index in [1.165, 1.54) is 6.42 Å². The Balaban J connectivity index is 1.46. The molecular weight excluding hydrogens is 400 g/mol. The van der Waals surface area contributed by atoms with E-state index in [1.54, 1.807) is 0 Å². The van der Waals surface area contributed by atoms with Crippen LogP contribution in [0.1, 0.15) is 80.1 Å². The van der Waals surface area contributed by atoms with Crippen molar-refractivity contribution in [1.82, 2.24) is 14.9 Å². The first kappa shape index (κ1) is 21.1. The number of hydrogen-bond donors (Lipinski definition) is 0. The highest BCUT2D eigenvalue weighted by Crippen LogP contribution is 2.37. The number of likely N-dealkylation sites (tertiary alicyclic amines) is 1. The summed E-state index contributed by atoms with van der Waals surface area (Å²) < 4.78 is 0. The number of aryl methyl sites for hydroxylation is 1. The van der Waals surface area contributed by atoms with Gasteiger partial charge in [0.15, 0.2) is 5.82 Å². The smallest absolute Gasteiger partial charge is 0.228 e. The summed E-state index contributed by atoms with van der Waals surface area (Å²) in [7, 11) is 0. The summed E-state index contributed by atoms with van der Waals surface area (Å²) in [4.78, 5) is 39.9. The molecule has 2 aliphatic heterocycles. The fourth-order valence-corrected chi connectivity index (χ4v) is 5.56. The fourth-order valence-electron chi connectivity index (χ4n) is 5.56. The molecule has 0 spiro atoms. The first-order valence-corrected chi connectivity index (χ1v) is 12.1. The van der Waals surface area contributed by atoms with Crippen LogP contribution in [-0.2, 0) is 22.6 Å². The molecule has 32 heavy (non-hydrogen) atoms. The van der Waals surface area contributed by atoms with Crippen LogP contribution in [0, 0.1) is 12.8 Å². The van der Waals surface area contributed by atoms with Crippen molar-refractivity contribution >= 4 is 17.6 Å². The third-order valence-electron chi connectivity index (χ3n) is 7.33. The Kier molecular flexibility index (Phi) is 5.94. The van der Waals surface area contributed by atoms with Gasteiger partial charge in [0.2, 0.25) is 11.8 Å². The van der Waals surface area contributed by atoms with E-state index >= 15 is 0 Å². The van der Waals surface area contributed by atoms with Gasteiger partial charge in [-0.15, -0.1) is 0 Å². The normalized spacial score (nSPS) is 21.7. The number of hydrogen-bond acceptors (Lipinski definition) is 4. The molecular formula is C26H32N4O2. The minimum atomic E-state index is -0.0796. The third-order valence-corrected chi connectivity index (χ3v) is 7.33. The van der Waals surface area contributed by atoms with Crippen molar-refractivity contribution in [3.05, 3.63) is 53.0 Å². The zero-order valence-electron chi connectivity index (χ0n) is 18.9. The predicted molar refractivity (Wildman–Crippen MR) is 123 cm³/mol. The van der Waals surface area contributed by atoms with Gasteiger partial charge in [-0.3, -0.25) is 14.5 Å². The quantitative estimate of drug-likeness (QED) is 0.713. The standard InChI is InChI=1S/C26H32N4O2/c1-18-21-14-15-23(31)30(17-19-9-4-2-5-10-19)25(21)28-24(27-18)22-13-8-16-29(22)26(32)20-11-6-3-7-12-20/h2,4-5,9-10,20,22H,3,6-8,11-17H2,1H3. The number of anilines is 1. The maximum atomic E-state index is 13.3. The van der Waals surface area contributed by atoms with Crippen LogP contribution < -0.4 is 4.90 Å². The third kappa shape index (κ3) is 4.03. The highest BCUT2D eigenvalue weighted by Gasteiger charge is 2.37. The topological polar surface area (TPSA) is 66.4 Å². The van der Waals surface area contributed by atoms with Gasteiger partial charge in [-0.05, 0) is 44.6 Å². The van der Waals surface area contributed by atoms with E-state index in [1.807, 2.05) is 47.1 Å². The second-order valence-corrected chi connectivity index (χ2v) is 9.46. The van der Waals surface area contributed by atoms with Crippen LogP contribution in [0.5, 0.6) is 0 Å². The van der Waals surface area contributed by atoms with E-state index in [0.29, 0.717) is 25.2 Å². The van der Waals surface area contributed by atoms with Crippen molar-refractivity contribution < 1.29 is 9.59 Å². The van der Waals surface area contributed by atoms with Crippen molar-refractivity contribution in [2.45, 2.75) is 77.3 Å². The monoisotopic (exact) mass is 432 g/mol. The number of benzene rings is 1. The van der Waals surface area contributed by atoms with Gasteiger partial charge in [0.05, 0.1) is 12.6 Å². The molecule has 1 unspecified atom stereocenters. The van der Waals surface area contributed by atoms with E-state index < -0.39 is 0 Å². The molecule has 1 saturated heterocycles. The zero-order valence-corrected chi connectivity index (χ0v) is 18.9. The molecule has 1 saturated carbocycles. The lowest BCUT2D eigenvalue weighted by Crippen LogP contribution is -2.39. The summed E-state index contributed by atoms with van der Waals surface area (Å²) in [6.45, 7) is 3.31. The Morgan fingerprint density at radius 1 is 1.00 bits per heavy atom. The van der Waals surface area contributed by atoms with Crippen LogP contribution in [0.2, 0.25) is 0 Å². The fraction of sp³-hybridized carbons (Fsp3) is 0.538. The van der Waals surface area contributed by atoms with Crippen molar-refractivity contribution in [3.63, 3.8) is 0 Å². The van der Waals surface area contributed by atoms with Crippen molar-refractivity contribution in [3.8, 4) is 0 Å². The van der Waals surface area contributed by atoms with Crippen LogP contribution in [0.3, 0.4) is 0 Å². The largest absolute Gasteiger partial charge is 0.332 e. The molecule has 1 aromatic carbocycles. The molecule has 0 N–H and O–H groups in total.